The molecule has 0 aliphatic rings. The predicted octanol–water partition coefficient (Wildman–Crippen LogP) is 0.401. The number of aliphatic hydroxyl groups excluding tert-OH is 1. The van der Waals surface area contributed by atoms with Crippen molar-refractivity contribution in [1.29, 1.82) is 0 Å². The highest BCUT2D eigenvalue weighted by Crippen LogP contribution is 2.31. The maximum atomic E-state index is 12.0. The minimum Gasteiger partial charge on any atom is -0.397 e. The van der Waals surface area contributed by atoms with E-state index in [-0.39, 0.29) is 12.5 Å². The lowest BCUT2D eigenvalue weighted by Gasteiger charge is -2.09. The third kappa shape index (κ3) is 3.21. The summed E-state index contributed by atoms with van der Waals surface area (Å²) in [6.45, 7) is 0.596. The lowest BCUT2D eigenvalue weighted by Crippen LogP contribution is -2.28. The van der Waals surface area contributed by atoms with Gasteiger partial charge in [0.1, 0.15) is 9.71 Å². The van der Waals surface area contributed by atoms with E-state index in [0.717, 1.165) is 5.39 Å². The Morgan fingerprint density at radius 2 is 2.45 bits per heavy atom. The molecule has 20 heavy (non-hydrogen) atoms. The SMILES string of the molecule is COCC(O)CCNC(=O)c1sc2nnccc2c1N. The summed E-state index contributed by atoms with van der Waals surface area (Å²) < 4.78 is 4.81. The molecule has 108 valence electrons. The standard InChI is InChI=1S/C12H16N4O3S/c1-19-6-7(17)2-4-14-11(18)10-9(13)8-3-5-15-16-12(8)20-10/h3,5,7,17H,2,4,6,13H2,1H3,(H,14,18). The molecule has 0 saturated carbocycles. The third-order valence-electron chi connectivity index (χ3n) is 2.75. The predicted molar refractivity (Wildman–Crippen MR) is 76.7 cm³/mol. The number of nitrogens with two attached hydrogens (primary N) is 1. The number of carbonyl (C=O) groups excluding carboxylic acids is 1. The second-order valence-electron chi connectivity index (χ2n) is 4.25. The number of fused-ring (bicyclic) bond motifs is 1. The zero-order chi connectivity index (χ0) is 14.5. The number of rotatable bonds is 6. The first-order valence-electron chi connectivity index (χ1n) is 6.08. The summed E-state index contributed by atoms with van der Waals surface area (Å²) in [6, 6.07) is 1.73. The van der Waals surface area contributed by atoms with Gasteiger partial charge in [0, 0.05) is 19.0 Å². The first kappa shape index (κ1) is 14.6. The van der Waals surface area contributed by atoms with Crippen molar-refractivity contribution in [3.63, 3.8) is 0 Å². The summed E-state index contributed by atoms with van der Waals surface area (Å²) in [5, 5.41) is 20.6. The molecular weight excluding hydrogens is 280 g/mol. The van der Waals surface area contributed by atoms with Gasteiger partial charge in [-0.25, -0.2) is 0 Å². The number of amides is 1. The van der Waals surface area contributed by atoms with Crippen molar-refractivity contribution >= 4 is 33.1 Å². The molecule has 7 nitrogen and oxygen atoms in total. The van der Waals surface area contributed by atoms with Crippen LogP contribution in [0.4, 0.5) is 5.69 Å². The minimum absolute atomic E-state index is 0.247. The second kappa shape index (κ2) is 6.60. The van der Waals surface area contributed by atoms with E-state index in [2.05, 4.69) is 15.5 Å². The molecule has 0 bridgehead atoms. The van der Waals surface area contributed by atoms with Gasteiger partial charge >= 0.3 is 0 Å². The number of nitrogens with zero attached hydrogens (tertiary/aromatic N) is 2. The number of hydrogen-bond donors (Lipinski definition) is 3. The van der Waals surface area contributed by atoms with E-state index < -0.39 is 6.10 Å². The largest absolute Gasteiger partial charge is 0.397 e. The Morgan fingerprint density at radius 1 is 1.65 bits per heavy atom. The van der Waals surface area contributed by atoms with Crippen molar-refractivity contribution < 1.29 is 14.6 Å². The van der Waals surface area contributed by atoms with E-state index in [0.29, 0.717) is 28.4 Å². The number of nitrogens with one attached hydrogen (secondary N) is 1. The lowest BCUT2D eigenvalue weighted by atomic mass is 10.2. The molecule has 0 saturated heterocycles. The van der Waals surface area contributed by atoms with Crippen LogP contribution in [0.15, 0.2) is 12.3 Å². The van der Waals surface area contributed by atoms with Gasteiger partial charge in [-0.05, 0) is 12.5 Å². The number of hydrogen-bond acceptors (Lipinski definition) is 7. The van der Waals surface area contributed by atoms with Crippen LogP contribution in [0, 0.1) is 0 Å². The molecule has 8 heteroatoms. The van der Waals surface area contributed by atoms with Gasteiger partial charge in [-0.1, -0.05) is 0 Å². The Labute approximate surface area is 119 Å². The summed E-state index contributed by atoms with van der Waals surface area (Å²) in [5.74, 6) is -0.268. The van der Waals surface area contributed by atoms with Crippen LogP contribution in [-0.2, 0) is 4.74 Å². The van der Waals surface area contributed by atoms with Gasteiger partial charge in [0.15, 0.2) is 0 Å². The molecule has 1 unspecified atom stereocenters. The van der Waals surface area contributed by atoms with E-state index in [1.54, 1.807) is 6.07 Å². The zero-order valence-electron chi connectivity index (χ0n) is 11.0. The minimum atomic E-state index is -0.592. The molecule has 1 atom stereocenters. The molecule has 0 aliphatic heterocycles. The number of anilines is 1. The molecule has 2 aromatic heterocycles. The number of aliphatic hydroxyl groups is 1. The van der Waals surface area contributed by atoms with Crippen LogP contribution in [0.25, 0.3) is 10.2 Å². The number of methoxy groups -OCH3 is 1. The molecule has 0 spiro atoms. The smallest absolute Gasteiger partial charge is 0.263 e. The quantitative estimate of drug-likeness (QED) is 0.711. The second-order valence-corrected chi connectivity index (χ2v) is 5.25. The summed E-state index contributed by atoms with van der Waals surface area (Å²) in [4.78, 5) is 13.1. The van der Waals surface area contributed by atoms with Crippen molar-refractivity contribution in [2.45, 2.75) is 12.5 Å². The van der Waals surface area contributed by atoms with Crippen LogP contribution in [0.3, 0.4) is 0 Å². The Hall–Kier alpha value is -1.77. The molecule has 2 heterocycles. The average Bonchev–Trinajstić information content (AvgIpc) is 2.77. The molecule has 0 aliphatic carbocycles. The first-order valence-corrected chi connectivity index (χ1v) is 6.90. The van der Waals surface area contributed by atoms with Gasteiger partial charge in [-0.3, -0.25) is 4.79 Å². The lowest BCUT2D eigenvalue weighted by molar-refractivity contribution is 0.0588. The number of carbonyl (C=O) groups is 1. The number of thiophene rings is 1. The molecular formula is C12H16N4O3S. The summed E-state index contributed by atoms with van der Waals surface area (Å²) in [7, 11) is 1.51. The van der Waals surface area contributed by atoms with Gasteiger partial charge in [0.05, 0.1) is 24.6 Å². The van der Waals surface area contributed by atoms with Crippen LogP contribution < -0.4 is 11.1 Å². The summed E-state index contributed by atoms with van der Waals surface area (Å²) in [6.07, 6.45) is 1.36. The van der Waals surface area contributed by atoms with Crippen molar-refractivity contribution in [1.82, 2.24) is 15.5 Å². The number of ether oxygens (including phenoxy) is 1. The van der Waals surface area contributed by atoms with Crippen LogP contribution in [0.5, 0.6) is 0 Å². The fourth-order valence-corrected chi connectivity index (χ4v) is 2.70. The van der Waals surface area contributed by atoms with E-state index >= 15 is 0 Å². The van der Waals surface area contributed by atoms with E-state index in [1.165, 1.54) is 24.6 Å². The van der Waals surface area contributed by atoms with Gasteiger partial charge in [0.25, 0.3) is 5.91 Å². The maximum Gasteiger partial charge on any atom is 0.263 e. The van der Waals surface area contributed by atoms with Gasteiger partial charge < -0.3 is 20.9 Å². The number of aromatic nitrogens is 2. The fourth-order valence-electron chi connectivity index (χ4n) is 1.75. The monoisotopic (exact) mass is 296 g/mol. The van der Waals surface area contributed by atoms with Crippen LogP contribution >= 0.6 is 11.3 Å². The van der Waals surface area contributed by atoms with E-state index in [4.69, 9.17) is 10.5 Å². The highest BCUT2D eigenvalue weighted by molar-refractivity contribution is 7.21. The highest BCUT2D eigenvalue weighted by Gasteiger charge is 2.17. The van der Waals surface area contributed by atoms with Crippen LogP contribution in [-0.4, -0.2) is 47.6 Å². The Kier molecular flexibility index (Phi) is 4.83. The number of nitrogen functional groups attached to an aromatic ring is 1. The van der Waals surface area contributed by atoms with Gasteiger partial charge in [-0.15, -0.1) is 16.4 Å². The molecule has 0 fully saturated rings. The van der Waals surface area contributed by atoms with E-state index in [1.807, 2.05) is 0 Å². The maximum absolute atomic E-state index is 12.0. The van der Waals surface area contributed by atoms with Gasteiger partial charge in [-0.2, -0.15) is 5.10 Å². The van der Waals surface area contributed by atoms with Crippen molar-refractivity contribution in [2.75, 3.05) is 26.0 Å². The topological polar surface area (TPSA) is 110 Å². The summed E-state index contributed by atoms with van der Waals surface area (Å²) >= 11 is 1.20. The van der Waals surface area contributed by atoms with Crippen molar-refractivity contribution in [3.05, 3.63) is 17.1 Å². The Bertz CT molecular complexity index is 601. The molecule has 2 rings (SSSR count). The fraction of sp³-hybridized carbons (Fsp3) is 0.417. The summed E-state index contributed by atoms with van der Waals surface area (Å²) in [5.41, 5.74) is 6.34. The van der Waals surface area contributed by atoms with E-state index in [9.17, 15) is 9.90 Å². The van der Waals surface area contributed by atoms with Crippen molar-refractivity contribution in [2.24, 2.45) is 0 Å². The van der Waals surface area contributed by atoms with Crippen LogP contribution in [0.2, 0.25) is 0 Å². The van der Waals surface area contributed by atoms with Gasteiger partial charge in [0.2, 0.25) is 0 Å². The molecule has 1 amide bonds. The molecule has 0 aromatic carbocycles. The van der Waals surface area contributed by atoms with Crippen molar-refractivity contribution in [3.8, 4) is 0 Å². The first-order chi connectivity index (χ1) is 9.63. The average molecular weight is 296 g/mol. The third-order valence-corrected chi connectivity index (χ3v) is 3.85. The highest BCUT2D eigenvalue weighted by atomic mass is 32.1. The zero-order valence-corrected chi connectivity index (χ0v) is 11.8. The van der Waals surface area contributed by atoms with Crippen LogP contribution in [0.1, 0.15) is 16.1 Å². The Balaban J connectivity index is 1.99. The Morgan fingerprint density at radius 3 is 3.15 bits per heavy atom. The molecule has 0 radical (unpaired) electrons. The molecule has 2 aromatic rings. The normalized spacial score (nSPS) is 12.5. The molecule has 4 N–H and O–H groups in total.